The first-order valence-corrected chi connectivity index (χ1v) is 13.2. The Morgan fingerprint density at radius 2 is 1.06 bits per heavy atom. The minimum absolute atomic E-state index is 0.150. The molecule has 0 amide bonds. The predicted molar refractivity (Wildman–Crippen MR) is 138 cm³/mol. The van der Waals surface area contributed by atoms with Crippen molar-refractivity contribution in [3.05, 3.63) is 54.1 Å². The predicted octanol–water partition coefficient (Wildman–Crippen LogP) is 9.53. The zero-order valence-electron chi connectivity index (χ0n) is 20.9. The topological polar surface area (TPSA) is 18.5 Å². The van der Waals surface area contributed by atoms with Crippen molar-refractivity contribution in [2.24, 2.45) is 0 Å². The van der Waals surface area contributed by atoms with Gasteiger partial charge in [-0.3, -0.25) is 0 Å². The molecule has 0 saturated heterocycles. The summed E-state index contributed by atoms with van der Waals surface area (Å²) >= 11 is 0. The van der Waals surface area contributed by atoms with Gasteiger partial charge in [-0.05, 0) is 48.6 Å². The van der Waals surface area contributed by atoms with Gasteiger partial charge in [0.05, 0.1) is 12.7 Å². The molecule has 1 unspecified atom stereocenters. The first-order chi connectivity index (χ1) is 15.7. The van der Waals surface area contributed by atoms with Gasteiger partial charge >= 0.3 is 0 Å². The minimum Gasteiger partial charge on any atom is -0.494 e. The Hall–Kier alpha value is -1.80. The monoisotopic (exact) mass is 438 g/mol. The number of hydrogen-bond acceptors (Lipinski definition) is 2. The van der Waals surface area contributed by atoms with Crippen LogP contribution in [0.1, 0.15) is 109 Å². The summed E-state index contributed by atoms with van der Waals surface area (Å²) in [5.41, 5.74) is 3.70. The molecule has 0 heterocycles. The maximum atomic E-state index is 6.09. The van der Waals surface area contributed by atoms with Gasteiger partial charge in [0, 0.05) is 6.61 Å². The fourth-order valence-corrected chi connectivity index (χ4v) is 3.97. The molecular weight excluding hydrogens is 392 g/mol. The van der Waals surface area contributed by atoms with Crippen LogP contribution in [0, 0.1) is 0 Å². The summed E-state index contributed by atoms with van der Waals surface area (Å²) in [6, 6.07) is 17.2. The lowest BCUT2D eigenvalue weighted by Crippen LogP contribution is -2.01. The van der Waals surface area contributed by atoms with Gasteiger partial charge in [0.2, 0.25) is 0 Å². The normalized spacial score (nSPS) is 12.1. The average Bonchev–Trinajstić information content (AvgIpc) is 2.83. The van der Waals surface area contributed by atoms with Crippen LogP contribution < -0.4 is 4.74 Å². The SMILES string of the molecule is CCCCCCCCCCCCOC(C)c1ccc(-c2ccc(OCCCC)cc2)cc1. The molecule has 2 nitrogen and oxygen atoms in total. The molecular formula is C30H46O2. The average molecular weight is 439 g/mol. The summed E-state index contributed by atoms with van der Waals surface area (Å²) < 4.78 is 11.9. The molecule has 0 aliphatic carbocycles. The highest BCUT2D eigenvalue weighted by molar-refractivity contribution is 5.64. The van der Waals surface area contributed by atoms with E-state index < -0.39 is 0 Å². The van der Waals surface area contributed by atoms with Crippen LogP contribution in [0.2, 0.25) is 0 Å². The van der Waals surface area contributed by atoms with Crippen LogP contribution in [0.25, 0.3) is 11.1 Å². The highest BCUT2D eigenvalue weighted by atomic mass is 16.5. The van der Waals surface area contributed by atoms with E-state index in [9.17, 15) is 0 Å². The standard InChI is InChI=1S/C30H46O2/c1-4-6-8-9-10-11-12-13-14-15-25-31-26(3)27-16-18-28(19-17-27)29-20-22-30(23-21-29)32-24-7-5-2/h16-23,26H,4-15,24-25H2,1-3H3. The summed E-state index contributed by atoms with van der Waals surface area (Å²) in [5, 5.41) is 0. The number of rotatable bonds is 18. The molecule has 2 aromatic carbocycles. The van der Waals surface area contributed by atoms with Gasteiger partial charge in [-0.2, -0.15) is 0 Å². The second-order valence-corrected chi connectivity index (χ2v) is 9.04. The summed E-state index contributed by atoms with van der Waals surface area (Å²) in [6.45, 7) is 8.28. The van der Waals surface area contributed by atoms with Crippen LogP contribution in [0.5, 0.6) is 5.75 Å². The van der Waals surface area contributed by atoms with Gasteiger partial charge in [-0.25, -0.2) is 0 Å². The maximum absolute atomic E-state index is 6.09. The second-order valence-electron chi connectivity index (χ2n) is 9.04. The van der Waals surface area contributed by atoms with E-state index in [0.717, 1.165) is 31.8 Å². The van der Waals surface area contributed by atoms with E-state index in [-0.39, 0.29) is 6.10 Å². The lowest BCUT2D eigenvalue weighted by atomic mass is 10.0. The number of benzene rings is 2. The summed E-state index contributed by atoms with van der Waals surface area (Å²) in [5.74, 6) is 0.952. The molecule has 0 aromatic heterocycles. The zero-order valence-corrected chi connectivity index (χ0v) is 20.9. The molecule has 0 radical (unpaired) electrons. The van der Waals surface area contributed by atoms with Gasteiger partial charge in [0.25, 0.3) is 0 Å². The molecule has 0 N–H and O–H groups in total. The molecule has 0 saturated carbocycles. The molecule has 0 aliphatic heterocycles. The van der Waals surface area contributed by atoms with Crippen molar-refractivity contribution in [1.82, 2.24) is 0 Å². The first-order valence-electron chi connectivity index (χ1n) is 13.2. The van der Waals surface area contributed by atoms with Crippen molar-refractivity contribution in [1.29, 1.82) is 0 Å². The Balaban J connectivity index is 1.62. The number of hydrogen-bond donors (Lipinski definition) is 0. The first kappa shape index (κ1) is 26.5. The molecule has 1 atom stereocenters. The lowest BCUT2D eigenvalue weighted by molar-refractivity contribution is 0.0627. The van der Waals surface area contributed by atoms with E-state index in [4.69, 9.17) is 9.47 Å². The fraction of sp³-hybridized carbons (Fsp3) is 0.600. The van der Waals surface area contributed by atoms with Crippen molar-refractivity contribution in [3.63, 3.8) is 0 Å². The van der Waals surface area contributed by atoms with Crippen LogP contribution in [0.15, 0.2) is 48.5 Å². The molecule has 2 rings (SSSR count). The lowest BCUT2D eigenvalue weighted by Gasteiger charge is -2.14. The van der Waals surface area contributed by atoms with E-state index >= 15 is 0 Å². The van der Waals surface area contributed by atoms with Crippen LogP contribution in [-0.2, 0) is 4.74 Å². The molecule has 178 valence electrons. The minimum atomic E-state index is 0.150. The van der Waals surface area contributed by atoms with Crippen LogP contribution >= 0.6 is 0 Å². The molecule has 0 aliphatic rings. The molecule has 32 heavy (non-hydrogen) atoms. The Bertz CT molecular complexity index is 690. The zero-order chi connectivity index (χ0) is 22.9. The van der Waals surface area contributed by atoms with E-state index in [1.165, 1.54) is 80.9 Å². The Kier molecular flexibility index (Phi) is 13.9. The summed E-state index contributed by atoms with van der Waals surface area (Å²) in [7, 11) is 0. The quantitative estimate of drug-likeness (QED) is 0.216. The fourth-order valence-electron chi connectivity index (χ4n) is 3.97. The Labute approximate surface area is 197 Å². The Morgan fingerprint density at radius 3 is 1.62 bits per heavy atom. The van der Waals surface area contributed by atoms with Crippen molar-refractivity contribution in [3.8, 4) is 16.9 Å². The third-order valence-corrected chi connectivity index (χ3v) is 6.20. The van der Waals surface area contributed by atoms with Gasteiger partial charge in [-0.1, -0.05) is 114 Å². The van der Waals surface area contributed by atoms with Crippen molar-refractivity contribution in [2.45, 2.75) is 104 Å². The van der Waals surface area contributed by atoms with Gasteiger partial charge in [-0.15, -0.1) is 0 Å². The van der Waals surface area contributed by atoms with Gasteiger partial charge in [0.1, 0.15) is 5.75 Å². The van der Waals surface area contributed by atoms with E-state index in [1.54, 1.807) is 0 Å². The molecule has 2 aromatic rings. The van der Waals surface area contributed by atoms with Gasteiger partial charge in [0.15, 0.2) is 0 Å². The van der Waals surface area contributed by atoms with E-state index in [1.807, 2.05) is 0 Å². The molecule has 0 spiro atoms. The highest BCUT2D eigenvalue weighted by Gasteiger charge is 2.06. The largest absolute Gasteiger partial charge is 0.494 e. The second kappa shape index (κ2) is 16.8. The number of ether oxygens (including phenoxy) is 2. The van der Waals surface area contributed by atoms with Crippen LogP contribution in [0.4, 0.5) is 0 Å². The summed E-state index contributed by atoms with van der Waals surface area (Å²) in [4.78, 5) is 0. The van der Waals surface area contributed by atoms with Crippen molar-refractivity contribution < 1.29 is 9.47 Å². The van der Waals surface area contributed by atoms with Gasteiger partial charge < -0.3 is 9.47 Å². The molecule has 2 heteroatoms. The van der Waals surface area contributed by atoms with Crippen molar-refractivity contribution >= 4 is 0 Å². The van der Waals surface area contributed by atoms with E-state index in [2.05, 4.69) is 69.3 Å². The third-order valence-electron chi connectivity index (χ3n) is 6.20. The summed E-state index contributed by atoms with van der Waals surface area (Å²) in [6.07, 6.45) is 16.0. The van der Waals surface area contributed by atoms with Crippen LogP contribution in [-0.4, -0.2) is 13.2 Å². The maximum Gasteiger partial charge on any atom is 0.119 e. The highest BCUT2D eigenvalue weighted by Crippen LogP contribution is 2.25. The smallest absolute Gasteiger partial charge is 0.119 e. The van der Waals surface area contributed by atoms with E-state index in [0.29, 0.717) is 0 Å². The molecule has 0 fully saturated rings. The number of unbranched alkanes of at least 4 members (excludes halogenated alkanes) is 10. The third kappa shape index (κ3) is 10.7. The molecule has 0 bridgehead atoms. The van der Waals surface area contributed by atoms with Crippen molar-refractivity contribution in [2.75, 3.05) is 13.2 Å². The van der Waals surface area contributed by atoms with Crippen LogP contribution in [0.3, 0.4) is 0 Å². The Morgan fingerprint density at radius 1 is 0.562 bits per heavy atom.